The molecule has 84 valence electrons. The summed E-state index contributed by atoms with van der Waals surface area (Å²) in [5.41, 5.74) is 2.06. The summed E-state index contributed by atoms with van der Waals surface area (Å²) < 4.78 is 13.0. The van der Waals surface area contributed by atoms with Crippen molar-refractivity contribution in [3.63, 3.8) is 0 Å². The number of hydrogen-bond acceptors (Lipinski definition) is 2. The summed E-state index contributed by atoms with van der Waals surface area (Å²) in [5.74, 6) is -0.202. The molecule has 1 aromatic carbocycles. The van der Waals surface area contributed by atoms with Crippen LogP contribution in [0.25, 0.3) is 0 Å². The van der Waals surface area contributed by atoms with Gasteiger partial charge < -0.3 is 10.4 Å². The maximum absolute atomic E-state index is 13.0. The van der Waals surface area contributed by atoms with Crippen molar-refractivity contribution in [3.05, 3.63) is 35.1 Å². The molecule has 2 N–H and O–H groups in total. The van der Waals surface area contributed by atoms with Crippen LogP contribution in [0.3, 0.4) is 0 Å². The van der Waals surface area contributed by atoms with Crippen LogP contribution in [0.2, 0.25) is 0 Å². The van der Waals surface area contributed by atoms with Crippen molar-refractivity contribution in [2.45, 2.75) is 32.9 Å². The molecule has 2 nitrogen and oxygen atoms in total. The number of hydrogen-bond donors (Lipinski definition) is 2. The first-order valence-electron chi connectivity index (χ1n) is 5.22. The highest BCUT2D eigenvalue weighted by Crippen LogP contribution is 2.10. The van der Waals surface area contributed by atoms with Crippen molar-refractivity contribution < 1.29 is 9.50 Å². The van der Waals surface area contributed by atoms with Crippen LogP contribution in [0.15, 0.2) is 18.2 Å². The van der Waals surface area contributed by atoms with Crippen LogP contribution >= 0.6 is 0 Å². The van der Waals surface area contributed by atoms with Gasteiger partial charge in [-0.1, -0.05) is 6.07 Å². The lowest BCUT2D eigenvalue weighted by Crippen LogP contribution is -2.26. The lowest BCUT2D eigenvalue weighted by Gasteiger charge is -2.13. The SMILES string of the molecule is Cc1ccc(F)cc1CNC(C)CCO. The Morgan fingerprint density at radius 3 is 2.87 bits per heavy atom. The zero-order valence-electron chi connectivity index (χ0n) is 9.26. The lowest BCUT2D eigenvalue weighted by atomic mass is 10.1. The fourth-order valence-electron chi connectivity index (χ4n) is 1.41. The molecule has 0 aromatic heterocycles. The molecule has 0 saturated heterocycles. The molecule has 0 aliphatic heterocycles. The van der Waals surface area contributed by atoms with Crippen LogP contribution in [0, 0.1) is 12.7 Å². The first kappa shape index (κ1) is 12.1. The first-order chi connectivity index (χ1) is 7.13. The minimum absolute atomic E-state index is 0.177. The van der Waals surface area contributed by atoms with Crippen molar-refractivity contribution in [3.8, 4) is 0 Å². The number of benzene rings is 1. The van der Waals surface area contributed by atoms with Crippen molar-refractivity contribution in [2.24, 2.45) is 0 Å². The average Bonchev–Trinajstić information content (AvgIpc) is 2.20. The van der Waals surface area contributed by atoms with Crippen molar-refractivity contribution in [2.75, 3.05) is 6.61 Å². The molecule has 0 radical (unpaired) electrons. The van der Waals surface area contributed by atoms with E-state index in [4.69, 9.17) is 5.11 Å². The smallest absolute Gasteiger partial charge is 0.123 e. The van der Waals surface area contributed by atoms with Gasteiger partial charge in [-0.05, 0) is 43.5 Å². The summed E-state index contributed by atoms with van der Waals surface area (Å²) >= 11 is 0. The lowest BCUT2D eigenvalue weighted by molar-refractivity contribution is 0.268. The van der Waals surface area contributed by atoms with Crippen LogP contribution in [-0.2, 0) is 6.54 Å². The van der Waals surface area contributed by atoms with E-state index in [9.17, 15) is 4.39 Å². The first-order valence-corrected chi connectivity index (χ1v) is 5.22. The Balaban J connectivity index is 2.53. The van der Waals surface area contributed by atoms with E-state index in [0.717, 1.165) is 11.1 Å². The van der Waals surface area contributed by atoms with Gasteiger partial charge in [0, 0.05) is 19.2 Å². The molecular formula is C12H18FNO. The van der Waals surface area contributed by atoms with Gasteiger partial charge in [0.25, 0.3) is 0 Å². The average molecular weight is 211 g/mol. The monoisotopic (exact) mass is 211 g/mol. The third-order valence-corrected chi connectivity index (χ3v) is 2.51. The largest absolute Gasteiger partial charge is 0.396 e. The topological polar surface area (TPSA) is 32.3 Å². The van der Waals surface area contributed by atoms with Gasteiger partial charge in [-0.3, -0.25) is 0 Å². The molecule has 0 bridgehead atoms. The van der Waals surface area contributed by atoms with Crippen LogP contribution in [0.4, 0.5) is 4.39 Å². The summed E-state index contributed by atoms with van der Waals surface area (Å²) in [6.45, 7) is 4.79. The van der Waals surface area contributed by atoms with Crippen LogP contribution in [0.5, 0.6) is 0 Å². The molecule has 1 atom stereocenters. The van der Waals surface area contributed by atoms with E-state index < -0.39 is 0 Å². The fourth-order valence-corrected chi connectivity index (χ4v) is 1.41. The van der Waals surface area contributed by atoms with Gasteiger partial charge in [0.1, 0.15) is 5.82 Å². The molecule has 0 amide bonds. The van der Waals surface area contributed by atoms with E-state index in [2.05, 4.69) is 5.32 Å². The zero-order chi connectivity index (χ0) is 11.3. The molecule has 0 aliphatic carbocycles. The van der Waals surface area contributed by atoms with Gasteiger partial charge in [-0.25, -0.2) is 4.39 Å². The van der Waals surface area contributed by atoms with Crippen molar-refractivity contribution >= 4 is 0 Å². The molecule has 0 aliphatic rings. The number of aryl methyl sites for hydroxylation is 1. The standard InChI is InChI=1S/C12H18FNO/c1-9-3-4-12(13)7-11(9)8-14-10(2)5-6-15/h3-4,7,10,14-15H,5-6,8H2,1-2H3. The van der Waals surface area contributed by atoms with E-state index in [1.807, 2.05) is 13.8 Å². The molecule has 0 fully saturated rings. The minimum Gasteiger partial charge on any atom is -0.396 e. The second kappa shape index (κ2) is 5.83. The number of nitrogens with one attached hydrogen (secondary N) is 1. The van der Waals surface area contributed by atoms with Gasteiger partial charge in [-0.15, -0.1) is 0 Å². The summed E-state index contributed by atoms with van der Waals surface area (Å²) in [7, 11) is 0. The summed E-state index contributed by atoms with van der Waals surface area (Å²) in [5, 5.41) is 12.0. The molecule has 1 unspecified atom stereocenters. The quantitative estimate of drug-likeness (QED) is 0.780. The highest BCUT2D eigenvalue weighted by atomic mass is 19.1. The maximum atomic E-state index is 13.0. The normalized spacial score (nSPS) is 12.8. The second-order valence-electron chi connectivity index (χ2n) is 3.87. The van der Waals surface area contributed by atoms with E-state index >= 15 is 0 Å². The Bertz CT molecular complexity index is 314. The highest BCUT2D eigenvalue weighted by Gasteiger charge is 2.03. The Hall–Kier alpha value is -0.930. The van der Waals surface area contributed by atoms with E-state index in [-0.39, 0.29) is 18.5 Å². The number of aliphatic hydroxyl groups is 1. The van der Waals surface area contributed by atoms with Gasteiger partial charge in [0.15, 0.2) is 0 Å². The summed E-state index contributed by atoms with van der Waals surface area (Å²) in [6.07, 6.45) is 0.717. The predicted molar refractivity (Wildman–Crippen MR) is 59.1 cm³/mol. The number of aliphatic hydroxyl groups excluding tert-OH is 1. The van der Waals surface area contributed by atoms with Gasteiger partial charge >= 0.3 is 0 Å². The molecule has 3 heteroatoms. The van der Waals surface area contributed by atoms with E-state index in [0.29, 0.717) is 13.0 Å². The highest BCUT2D eigenvalue weighted by molar-refractivity contribution is 5.26. The van der Waals surface area contributed by atoms with Crippen molar-refractivity contribution in [1.82, 2.24) is 5.32 Å². The number of halogens is 1. The van der Waals surface area contributed by atoms with Crippen LogP contribution < -0.4 is 5.32 Å². The van der Waals surface area contributed by atoms with Gasteiger partial charge in [0.05, 0.1) is 0 Å². The van der Waals surface area contributed by atoms with Crippen LogP contribution in [0.1, 0.15) is 24.5 Å². The molecule has 0 saturated carbocycles. The maximum Gasteiger partial charge on any atom is 0.123 e. The molecule has 0 heterocycles. The Labute approximate surface area is 90.1 Å². The molecule has 15 heavy (non-hydrogen) atoms. The predicted octanol–water partition coefficient (Wildman–Crippen LogP) is 1.99. The third-order valence-electron chi connectivity index (χ3n) is 2.51. The molecule has 0 spiro atoms. The Morgan fingerprint density at radius 1 is 1.47 bits per heavy atom. The molecular weight excluding hydrogens is 193 g/mol. The Morgan fingerprint density at radius 2 is 2.20 bits per heavy atom. The van der Waals surface area contributed by atoms with E-state index in [1.54, 1.807) is 12.1 Å². The molecule has 1 rings (SSSR count). The van der Waals surface area contributed by atoms with Gasteiger partial charge in [-0.2, -0.15) is 0 Å². The Kier molecular flexibility index (Phi) is 4.72. The van der Waals surface area contributed by atoms with E-state index in [1.165, 1.54) is 6.07 Å². The summed E-state index contributed by atoms with van der Waals surface area (Å²) in [6, 6.07) is 5.05. The second-order valence-corrected chi connectivity index (χ2v) is 3.87. The van der Waals surface area contributed by atoms with Gasteiger partial charge in [0.2, 0.25) is 0 Å². The van der Waals surface area contributed by atoms with Crippen LogP contribution in [-0.4, -0.2) is 17.8 Å². The third kappa shape index (κ3) is 3.98. The van der Waals surface area contributed by atoms with Crippen molar-refractivity contribution in [1.29, 1.82) is 0 Å². The fraction of sp³-hybridized carbons (Fsp3) is 0.500. The molecule has 1 aromatic rings. The number of rotatable bonds is 5. The minimum atomic E-state index is -0.202. The zero-order valence-corrected chi connectivity index (χ0v) is 9.26. The summed E-state index contributed by atoms with van der Waals surface area (Å²) in [4.78, 5) is 0.